The number of benzene rings is 1. The number of hydrogen-bond acceptors (Lipinski definition) is 9. The third-order valence-corrected chi connectivity index (χ3v) is 8.25. The number of pyridine rings is 2. The van der Waals surface area contributed by atoms with Crippen molar-refractivity contribution in [2.75, 3.05) is 24.1 Å². The molecule has 1 aliphatic carbocycles. The van der Waals surface area contributed by atoms with Crippen LogP contribution in [0.1, 0.15) is 49.2 Å². The van der Waals surface area contributed by atoms with Crippen molar-refractivity contribution in [1.29, 1.82) is 5.26 Å². The van der Waals surface area contributed by atoms with Gasteiger partial charge in [-0.1, -0.05) is 18.2 Å². The van der Waals surface area contributed by atoms with Gasteiger partial charge in [-0.3, -0.25) is 9.47 Å². The van der Waals surface area contributed by atoms with E-state index in [1.165, 1.54) is 17.6 Å². The van der Waals surface area contributed by atoms with Gasteiger partial charge in [-0.2, -0.15) is 5.26 Å². The molecule has 5 heterocycles. The molecule has 0 atom stereocenters. The van der Waals surface area contributed by atoms with Crippen molar-refractivity contribution in [2.45, 2.75) is 44.7 Å². The normalized spacial score (nSPS) is 15.8. The molecule has 0 amide bonds. The van der Waals surface area contributed by atoms with Crippen LogP contribution in [0.5, 0.6) is 0 Å². The molecule has 7 rings (SSSR count). The maximum Gasteiger partial charge on any atom is 0.234 e. The second kappa shape index (κ2) is 11.6. The first kappa shape index (κ1) is 26.7. The van der Waals surface area contributed by atoms with Gasteiger partial charge in [0.25, 0.3) is 0 Å². The molecule has 0 saturated carbocycles. The second-order valence-electron chi connectivity index (χ2n) is 11.1. The largest absolute Gasteiger partial charge is 0.383 e. The Morgan fingerprint density at radius 3 is 2.58 bits per heavy atom. The summed E-state index contributed by atoms with van der Waals surface area (Å²) < 4.78 is 2.10. The number of hydrogen-bond donors (Lipinski definition) is 2. The van der Waals surface area contributed by atoms with E-state index in [-0.39, 0.29) is 5.82 Å². The van der Waals surface area contributed by atoms with E-state index in [1.54, 1.807) is 12.4 Å². The molecule has 4 aromatic heterocycles. The van der Waals surface area contributed by atoms with Gasteiger partial charge in [0.1, 0.15) is 23.2 Å². The summed E-state index contributed by atoms with van der Waals surface area (Å²) in [6, 6.07) is 20.8. The van der Waals surface area contributed by atoms with E-state index in [1.807, 2.05) is 24.3 Å². The van der Waals surface area contributed by atoms with Gasteiger partial charge in [-0.15, -0.1) is 0 Å². The maximum absolute atomic E-state index is 9.06. The lowest BCUT2D eigenvalue weighted by molar-refractivity contribution is 0.211. The average molecular weight is 569 g/mol. The number of rotatable bonds is 7. The van der Waals surface area contributed by atoms with Crippen LogP contribution in [0.25, 0.3) is 33.8 Å². The molecule has 5 aromatic rings. The van der Waals surface area contributed by atoms with Crippen molar-refractivity contribution in [2.24, 2.45) is 0 Å². The van der Waals surface area contributed by atoms with E-state index in [4.69, 9.17) is 21.0 Å². The van der Waals surface area contributed by atoms with Crippen LogP contribution in [0.4, 0.5) is 11.6 Å². The SMILES string of the molecule is N#Cc1nccc(NC2CCN(Cc3ccc(-n4c(-c5cccnc5N)nc5ccc(C6=CCCC6)nc54)cc3)CC2)n1. The van der Waals surface area contributed by atoms with E-state index in [9.17, 15) is 0 Å². The molecule has 214 valence electrons. The Balaban J connectivity index is 1.11. The Morgan fingerprint density at radius 2 is 1.81 bits per heavy atom. The maximum atomic E-state index is 9.06. The number of nitrogen functional groups attached to an aromatic ring is 1. The Labute approximate surface area is 250 Å². The number of allylic oxidation sites excluding steroid dienone is 2. The van der Waals surface area contributed by atoms with E-state index < -0.39 is 0 Å². The summed E-state index contributed by atoms with van der Waals surface area (Å²) in [5.74, 6) is 2.07. The van der Waals surface area contributed by atoms with Crippen molar-refractivity contribution in [3.63, 3.8) is 0 Å². The van der Waals surface area contributed by atoms with Crippen molar-refractivity contribution < 1.29 is 0 Å². The highest BCUT2D eigenvalue weighted by atomic mass is 15.2. The standard InChI is InChI=1S/C33H32N10/c34-20-30-36-17-13-29(41-30)38-24-14-18-42(19-15-24)21-22-7-9-25(10-8-22)43-32(26-6-3-16-37-31(26)35)40-28-12-11-27(39-33(28)43)23-4-1-2-5-23/h3-4,6-13,16-17,24H,1-2,5,14-15,18-19,21H2,(H2,35,37)(H,36,38,41). The van der Waals surface area contributed by atoms with Gasteiger partial charge in [-0.25, -0.2) is 24.9 Å². The van der Waals surface area contributed by atoms with Crippen molar-refractivity contribution in [3.05, 3.63) is 90.1 Å². The minimum absolute atomic E-state index is 0.188. The molecule has 0 bridgehead atoms. The quantitative estimate of drug-likeness (QED) is 0.266. The molecule has 1 fully saturated rings. The number of fused-ring (bicyclic) bond motifs is 1. The summed E-state index contributed by atoms with van der Waals surface area (Å²) in [5.41, 5.74) is 13.3. The number of likely N-dealkylation sites (tertiary alicyclic amines) is 1. The van der Waals surface area contributed by atoms with Gasteiger partial charge in [0.05, 0.1) is 11.3 Å². The summed E-state index contributed by atoms with van der Waals surface area (Å²) in [6.07, 6.45) is 11.0. The second-order valence-corrected chi connectivity index (χ2v) is 11.1. The molecule has 43 heavy (non-hydrogen) atoms. The smallest absolute Gasteiger partial charge is 0.234 e. The highest BCUT2D eigenvalue weighted by Gasteiger charge is 2.21. The lowest BCUT2D eigenvalue weighted by Gasteiger charge is -2.32. The number of nitrogens with zero attached hydrogens (tertiary/aromatic N) is 8. The Hall–Kier alpha value is -5.14. The fourth-order valence-electron chi connectivity index (χ4n) is 6.02. The number of nitrogens with two attached hydrogens (primary N) is 1. The summed E-state index contributed by atoms with van der Waals surface area (Å²) in [6.45, 7) is 2.84. The first-order valence-corrected chi connectivity index (χ1v) is 14.8. The van der Waals surface area contributed by atoms with Gasteiger partial charge >= 0.3 is 0 Å². The number of aromatic nitrogens is 6. The number of anilines is 2. The zero-order chi connectivity index (χ0) is 29.2. The zero-order valence-electron chi connectivity index (χ0n) is 23.8. The highest BCUT2D eigenvalue weighted by Crippen LogP contribution is 2.33. The van der Waals surface area contributed by atoms with Crippen molar-refractivity contribution in [3.8, 4) is 23.1 Å². The van der Waals surface area contributed by atoms with Gasteiger partial charge in [0.15, 0.2) is 11.5 Å². The van der Waals surface area contributed by atoms with Gasteiger partial charge < -0.3 is 11.1 Å². The topological polar surface area (TPSA) is 134 Å². The Bertz CT molecular complexity index is 1840. The fourth-order valence-corrected chi connectivity index (χ4v) is 6.02. The van der Waals surface area contributed by atoms with E-state index >= 15 is 0 Å². The molecule has 0 spiro atoms. The van der Waals surface area contributed by atoms with Crippen LogP contribution < -0.4 is 11.1 Å². The van der Waals surface area contributed by atoms with Gasteiger partial charge in [0.2, 0.25) is 5.82 Å². The minimum atomic E-state index is 0.188. The van der Waals surface area contributed by atoms with Crippen LogP contribution in [-0.4, -0.2) is 53.5 Å². The first-order chi connectivity index (χ1) is 21.1. The summed E-state index contributed by atoms with van der Waals surface area (Å²) in [4.78, 5) is 25.1. The molecule has 3 N–H and O–H groups in total. The van der Waals surface area contributed by atoms with E-state index in [0.29, 0.717) is 17.7 Å². The fraction of sp³-hybridized carbons (Fsp3) is 0.273. The third kappa shape index (κ3) is 5.55. The molecule has 10 heteroatoms. The van der Waals surface area contributed by atoms with Crippen LogP contribution in [0.2, 0.25) is 0 Å². The third-order valence-electron chi connectivity index (χ3n) is 8.25. The average Bonchev–Trinajstić information content (AvgIpc) is 3.71. The monoisotopic (exact) mass is 568 g/mol. The summed E-state index contributed by atoms with van der Waals surface area (Å²) in [7, 11) is 0. The first-order valence-electron chi connectivity index (χ1n) is 14.8. The molecule has 0 radical (unpaired) electrons. The van der Waals surface area contributed by atoms with Gasteiger partial charge in [0, 0.05) is 43.8 Å². The van der Waals surface area contributed by atoms with Crippen molar-refractivity contribution in [1.82, 2.24) is 34.4 Å². The van der Waals surface area contributed by atoms with E-state index in [2.05, 4.69) is 72.2 Å². The molecular weight excluding hydrogens is 536 g/mol. The van der Waals surface area contributed by atoms with Crippen LogP contribution in [0, 0.1) is 11.3 Å². The minimum Gasteiger partial charge on any atom is -0.383 e. The predicted molar refractivity (Wildman–Crippen MR) is 167 cm³/mol. The highest BCUT2D eigenvalue weighted by molar-refractivity contribution is 5.84. The molecule has 1 saturated heterocycles. The molecule has 0 unspecified atom stereocenters. The lowest BCUT2D eigenvalue weighted by Crippen LogP contribution is -2.38. The number of nitrogens with one attached hydrogen (secondary N) is 1. The summed E-state index contributed by atoms with van der Waals surface area (Å²) >= 11 is 0. The number of imidazole rings is 1. The molecule has 1 aromatic carbocycles. The molecule has 2 aliphatic rings. The number of piperidine rings is 1. The Kier molecular flexibility index (Phi) is 7.23. The molecule has 10 nitrogen and oxygen atoms in total. The zero-order valence-corrected chi connectivity index (χ0v) is 23.8. The van der Waals surface area contributed by atoms with Crippen LogP contribution in [0.3, 0.4) is 0 Å². The van der Waals surface area contributed by atoms with Gasteiger partial charge in [-0.05, 0) is 85.7 Å². The predicted octanol–water partition coefficient (Wildman–Crippen LogP) is 5.37. The van der Waals surface area contributed by atoms with Crippen LogP contribution >= 0.6 is 0 Å². The molecular formula is C33H32N10. The number of nitriles is 1. The van der Waals surface area contributed by atoms with Crippen molar-refractivity contribution >= 4 is 28.4 Å². The van der Waals surface area contributed by atoms with Crippen LogP contribution in [-0.2, 0) is 6.54 Å². The lowest BCUT2D eigenvalue weighted by atomic mass is 10.0. The van der Waals surface area contributed by atoms with E-state index in [0.717, 1.165) is 79.3 Å². The summed E-state index contributed by atoms with van der Waals surface area (Å²) in [5, 5.41) is 12.5. The van der Waals surface area contributed by atoms with Crippen LogP contribution in [0.15, 0.2) is 73.1 Å². The Morgan fingerprint density at radius 1 is 0.953 bits per heavy atom. The molecule has 1 aliphatic heterocycles.